The van der Waals surface area contributed by atoms with Crippen LogP contribution in [0.5, 0.6) is 0 Å². The van der Waals surface area contributed by atoms with Crippen LogP contribution in [0.2, 0.25) is 5.28 Å². The summed E-state index contributed by atoms with van der Waals surface area (Å²) >= 11 is 5.44. The summed E-state index contributed by atoms with van der Waals surface area (Å²) in [5, 5.41) is 3.64. The predicted octanol–water partition coefficient (Wildman–Crippen LogP) is -0.366. The van der Waals surface area contributed by atoms with E-state index in [0.29, 0.717) is 0 Å². The molecule has 0 fully saturated rings. The second-order valence-corrected chi connectivity index (χ2v) is 2.32. The zero-order valence-electron chi connectivity index (χ0n) is 6.32. The Balaban J connectivity index is 2.99. The molecule has 1 amide bonds. The lowest BCUT2D eigenvalue weighted by Crippen LogP contribution is -2.19. The van der Waals surface area contributed by atoms with Gasteiger partial charge in [-0.05, 0) is 11.6 Å². The van der Waals surface area contributed by atoms with Gasteiger partial charge >= 0.3 is 0 Å². The Morgan fingerprint density at radius 1 is 1.83 bits per heavy atom. The molecule has 0 saturated heterocycles. The highest BCUT2D eigenvalue weighted by molar-refractivity contribution is 6.28. The molecular weight excluding hydrogens is 184 g/mol. The van der Waals surface area contributed by atoms with Crippen LogP contribution in [0.1, 0.15) is 10.6 Å². The van der Waals surface area contributed by atoms with Gasteiger partial charge in [-0.2, -0.15) is 4.98 Å². The Morgan fingerprint density at radius 3 is 3.00 bits per heavy atom. The third-order valence-corrected chi connectivity index (χ3v) is 1.28. The molecular formula is C5H7ClN4O2. The van der Waals surface area contributed by atoms with E-state index in [1.807, 2.05) is 0 Å². The molecule has 0 aromatic carbocycles. The third kappa shape index (κ3) is 1.72. The van der Waals surface area contributed by atoms with Gasteiger partial charge in [-0.3, -0.25) is 4.79 Å². The smallest absolute Gasteiger partial charge is 0.286 e. The maximum absolute atomic E-state index is 10.7. The van der Waals surface area contributed by atoms with E-state index >= 15 is 0 Å². The molecule has 0 aliphatic rings. The number of ether oxygens (including phenoxy) is 1. The number of amides is 1. The van der Waals surface area contributed by atoms with Crippen LogP contribution in [0.4, 0.5) is 0 Å². The van der Waals surface area contributed by atoms with Gasteiger partial charge in [0.05, 0.1) is 0 Å². The first-order chi connectivity index (χ1) is 5.65. The molecule has 0 bridgehead atoms. The molecule has 0 unspecified atom stereocenters. The van der Waals surface area contributed by atoms with Gasteiger partial charge in [-0.25, -0.2) is 4.68 Å². The minimum Gasteiger partial charge on any atom is -0.363 e. The number of hydrogen-bond acceptors (Lipinski definition) is 4. The Kier molecular flexibility index (Phi) is 2.61. The average Bonchev–Trinajstić information content (AvgIpc) is 2.32. The highest BCUT2D eigenvalue weighted by atomic mass is 35.5. The first-order valence-electron chi connectivity index (χ1n) is 3.04. The predicted molar refractivity (Wildman–Crippen MR) is 40.6 cm³/mol. The van der Waals surface area contributed by atoms with Crippen LogP contribution < -0.4 is 5.73 Å². The van der Waals surface area contributed by atoms with Crippen LogP contribution in [-0.2, 0) is 11.5 Å². The molecule has 1 rings (SSSR count). The van der Waals surface area contributed by atoms with Crippen molar-refractivity contribution in [1.82, 2.24) is 14.8 Å². The van der Waals surface area contributed by atoms with Gasteiger partial charge in [-0.15, -0.1) is 5.10 Å². The lowest BCUT2D eigenvalue weighted by atomic mass is 10.6. The topological polar surface area (TPSA) is 83.0 Å². The van der Waals surface area contributed by atoms with Crippen molar-refractivity contribution in [2.24, 2.45) is 5.73 Å². The van der Waals surface area contributed by atoms with Gasteiger partial charge in [0.2, 0.25) is 11.1 Å². The van der Waals surface area contributed by atoms with Crippen LogP contribution in [0.25, 0.3) is 0 Å². The van der Waals surface area contributed by atoms with Gasteiger partial charge < -0.3 is 10.5 Å². The van der Waals surface area contributed by atoms with Gasteiger partial charge in [0.1, 0.15) is 6.73 Å². The van der Waals surface area contributed by atoms with Crippen molar-refractivity contribution in [3.63, 3.8) is 0 Å². The van der Waals surface area contributed by atoms with Crippen molar-refractivity contribution < 1.29 is 9.53 Å². The number of primary amides is 1. The highest BCUT2D eigenvalue weighted by Gasteiger charge is 2.12. The second kappa shape index (κ2) is 3.51. The molecule has 0 saturated carbocycles. The quantitative estimate of drug-likeness (QED) is 0.705. The molecule has 6 nitrogen and oxygen atoms in total. The monoisotopic (exact) mass is 190 g/mol. The Hall–Kier alpha value is -1.14. The first-order valence-corrected chi connectivity index (χ1v) is 3.42. The first kappa shape index (κ1) is 8.95. The number of carbonyl (C=O) groups is 1. The standard InChI is InChI=1S/C5H7ClN4O2/c1-12-2-10-4(3(7)11)8-5(6)9-10/h2H2,1H3,(H2,7,11). The van der Waals surface area contributed by atoms with E-state index in [4.69, 9.17) is 22.1 Å². The summed E-state index contributed by atoms with van der Waals surface area (Å²) in [5.74, 6) is -0.701. The summed E-state index contributed by atoms with van der Waals surface area (Å²) in [4.78, 5) is 14.3. The number of nitrogens with two attached hydrogens (primary N) is 1. The van der Waals surface area contributed by atoms with E-state index in [-0.39, 0.29) is 17.8 Å². The fourth-order valence-corrected chi connectivity index (χ4v) is 0.880. The minimum absolute atomic E-state index is 0.0122. The van der Waals surface area contributed by atoms with Crippen LogP contribution in [0, 0.1) is 0 Å². The number of hydrogen-bond donors (Lipinski definition) is 1. The summed E-state index contributed by atoms with van der Waals surface area (Å²) in [5.41, 5.74) is 4.98. The van der Waals surface area contributed by atoms with E-state index in [0.717, 1.165) is 0 Å². The molecule has 0 radical (unpaired) electrons. The minimum atomic E-state index is -0.688. The number of carbonyl (C=O) groups excluding carboxylic acids is 1. The molecule has 2 N–H and O–H groups in total. The van der Waals surface area contributed by atoms with E-state index in [2.05, 4.69) is 10.1 Å². The lowest BCUT2D eigenvalue weighted by molar-refractivity contribution is 0.0929. The SMILES string of the molecule is COCn1nc(Cl)nc1C(N)=O. The Morgan fingerprint density at radius 2 is 2.50 bits per heavy atom. The van der Waals surface area contributed by atoms with Gasteiger partial charge in [0, 0.05) is 7.11 Å². The molecule has 1 aromatic rings. The van der Waals surface area contributed by atoms with Crippen molar-refractivity contribution in [3.8, 4) is 0 Å². The normalized spacial score (nSPS) is 10.2. The maximum atomic E-state index is 10.7. The summed E-state index contributed by atoms with van der Waals surface area (Å²) in [6.07, 6.45) is 0. The van der Waals surface area contributed by atoms with Crippen molar-refractivity contribution in [2.45, 2.75) is 6.73 Å². The van der Waals surface area contributed by atoms with Gasteiger partial charge in [0.15, 0.2) is 0 Å². The van der Waals surface area contributed by atoms with Crippen LogP contribution in [0.3, 0.4) is 0 Å². The molecule has 0 aliphatic heterocycles. The van der Waals surface area contributed by atoms with Crippen molar-refractivity contribution in [1.29, 1.82) is 0 Å². The molecule has 12 heavy (non-hydrogen) atoms. The van der Waals surface area contributed by atoms with Crippen molar-refractivity contribution in [3.05, 3.63) is 11.1 Å². The molecule has 0 spiro atoms. The summed E-state index contributed by atoms with van der Waals surface area (Å²) < 4.78 is 5.91. The fourth-order valence-electron chi connectivity index (χ4n) is 0.709. The van der Waals surface area contributed by atoms with Gasteiger partial charge in [0.25, 0.3) is 5.91 Å². The molecule has 0 atom stereocenters. The average molecular weight is 191 g/mol. The summed E-state index contributed by atoms with van der Waals surface area (Å²) in [7, 11) is 1.46. The lowest BCUT2D eigenvalue weighted by Gasteiger charge is -1.99. The van der Waals surface area contributed by atoms with Crippen LogP contribution in [-0.4, -0.2) is 27.8 Å². The zero-order valence-corrected chi connectivity index (χ0v) is 7.08. The third-order valence-electron chi connectivity index (χ3n) is 1.12. The van der Waals surface area contributed by atoms with Gasteiger partial charge in [-0.1, -0.05) is 0 Å². The van der Waals surface area contributed by atoms with Crippen molar-refractivity contribution >= 4 is 17.5 Å². The molecule has 1 heterocycles. The molecule has 7 heteroatoms. The molecule has 0 aliphatic carbocycles. The van der Waals surface area contributed by atoms with E-state index < -0.39 is 5.91 Å². The number of methoxy groups -OCH3 is 1. The van der Waals surface area contributed by atoms with E-state index in [9.17, 15) is 4.79 Å². The van der Waals surface area contributed by atoms with Crippen LogP contribution in [0.15, 0.2) is 0 Å². The highest BCUT2D eigenvalue weighted by Crippen LogP contribution is 2.02. The largest absolute Gasteiger partial charge is 0.363 e. The summed E-state index contributed by atoms with van der Waals surface area (Å²) in [6, 6.07) is 0. The second-order valence-electron chi connectivity index (χ2n) is 1.99. The summed E-state index contributed by atoms with van der Waals surface area (Å²) in [6.45, 7) is 0.0952. The Bertz CT molecular complexity index is 298. The van der Waals surface area contributed by atoms with Crippen LogP contribution >= 0.6 is 11.6 Å². The van der Waals surface area contributed by atoms with E-state index in [1.165, 1.54) is 11.8 Å². The maximum Gasteiger partial charge on any atom is 0.286 e. The number of rotatable bonds is 3. The fraction of sp³-hybridized carbons (Fsp3) is 0.400. The Labute approximate surface area is 73.3 Å². The van der Waals surface area contributed by atoms with E-state index in [1.54, 1.807) is 0 Å². The number of aromatic nitrogens is 3. The molecule has 1 aromatic heterocycles. The number of nitrogens with zero attached hydrogens (tertiary/aromatic N) is 3. The van der Waals surface area contributed by atoms with Crippen molar-refractivity contribution in [2.75, 3.05) is 7.11 Å². The number of halogens is 1. The zero-order chi connectivity index (χ0) is 9.14. The molecule has 66 valence electrons.